The third kappa shape index (κ3) is 6.41. The second kappa shape index (κ2) is 11.9. The third-order valence-electron chi connectivity index (χ3n) is 6.98. The van der Waals surface area contributed by atoms with Gasteiger partial charge < -0.3 is 9.47 Å². The zero-order chi connectivity index (χ0) is 24.5. The molecule has 0 amide bonds. The topological polar surface area (TPSA) is 18.5 Å². The van der Waals surface area contributed by atoms with E-state index in [4.69, 9.17) is 9.47 Å². The summed E-state index contributed by atoms with van der Waals surface area (Å²) in [6, 6.07) is 40.1. The van der Waals surface area contributed by atoms with E-state index in [2.05, 4.69) is 112 Å². The highest BCUT2D eigenvalue weighted by Gasteiger charge is 2.33. The molecule has 2 heteroatoms. The van der Waals surface area contributed by atoms with E-state index in [0.717, 1.165) is 17.7 Å². The van der Waals surface area contributed by atoms with Crippen molar-refractivity contribution < 1.29 is 9.47 Å². The average molecular weight is 465 g/mol. The second-order valence-electron chi connectivity index (χ2n) is 9.49. The zero-order valence-corrected chi connectivity index (χ0v) is 21.1. The molecule has 0 saturated heterocycles. The summed E-state index contributed by atoms with van der Waals surface area (Å²) in [6.07, 6.45) is 1.35. The van der Waals surface area contributed by atoms with Gasteiger partial charge in [-0.05, 0) is 46.7 Å². The molecule has 0 aromatic heterocycles. The van der Waals surface area contributed by atoms with E-state index in [1.165, 1.54) is 16.7 Å². The summed E-state index contributed by atoms with van der Waals surface area (Å²) in [5.74, 6) is 1.34. The van der Waals surface area contributed by atoms with Gasteiger partial charge in [-0.1, -0.05) is 124 Å². The minimum Gasteiger partial charge on any atom is -0.465 e. The van der Waals surface area contributed by atoms with Crippen LogP contribution in [-0.2, 0) is 16.8 Å². The Kier molecular flexibility index (Phi) is 8.39. The first-order chi connectivity index (χ1) is 17.1. The van der Waals surface area contributed by atoms with E-state index < -0.39 is 6.29 Å². The van der Waals surface area contributed by atoms with Crippen LogP contribution in [0, 0.1) is 0 Å². The van der Waals surface area contributed by atoms with Crippen LogP contribution in [0.2, 0.25) is 0 Å². The molecule has 180 valence electrons. The molecule has 0 spiro atoms. The Labute approximate surface area is 210 Å². The lowest BCUT2D eigenvalue weighted by Gasteiger charge is -2.34. The van der Waals surface area contributed by atoms with Crippen molar-refractivity contribution in [2.24, 2.45) is 0 Å². The molecule has 2 unspecified atom stereocenters. The second-order valence-corrected chi connectivity index (χ2v) is 9.49. The van der Waals surface area contributed by atoms with E-state index in [-0.39, 0.29) is 5.41 Å². The van der Waals surface area contributed by atoms with Crippen LogP contribution in [0.3, 0.4) is 0 Å². The Morgan fingerprint density at radius 3 is 1.86 bits per heavy atom. The van der Waals surface area contributed by atoms with Gasteiger partial charge in [0.15, 0.2) is 0 Å². The maximum atomic E-state index is 6.59. The first-order valence-corrected chi connectivity index (χ1v) is 12.6. The summed E-state index contributed by atoms with van der Waals surface area (Å²) in [5, 5.41) is 0. The maximum Gasteiger partial charge on any atom is 0.201 e. The smallest absolute Gasteiger partial charge is 0.201 e. The molecule has 4 rings (SSSR count). The van der Waals surface area contributed by atoms with Gasteiger partial charge in [-0.15, -0.1) is 0 Å². The van der Waals surface area contributed by atoms with Crippen LogP contribution in [0.25, 0.3) is 0 Å². The van der Waals surface area contributed by atoms with E-state index in [9.17, 15) is 0 Å². The molecular weight excluding hydrogens is 428 g/mol. The molecule has 0 aliphatic heterocycles. The van der Waals surface area contributed by atoms with E-state index >= 15 is 0 Å². The summed E-state index contributed by atoms with van der Waals surface area (Å²) < 4.78 is 13.1. The number of benzene rings is 4. The van der Waals surface area contributed by atoms with Crippen molar-refractivity contribution in [3.63, 3.8) is 0 Å². The minimum atomic E-state index is -0.423. The van der Waals surface area contributed by atoms with Crippen LogP contribution in [0.4, 0.5) is 0 Å². The third-order valence-corrected chi connectivity index (χ3v) is 6.98. The quantitative estimate of drug-likeness (QED) is 0.207. The molecule has 0 fully saturated rings. The molecule has 0 heterocycles. The summed E-state index contributed by atoms with van der Waals surface area (Å²) in [4.78, 5) is 0. The molecule has 2 atom stereocenters. The van der Waals surface area contributed by atoms with Crippen molar-refractivity contribution >= 4 is 0 Å². The SMILES string of the molecule is CCC(C)c1cccc(OC(CC(C)(c2ccccc2)c2ccccc2)OCc2ccccc2)c1. The minimum absolute atomic E-state index is 0.280. The van der Waals surface area contributed by atoms with Crippen LogP contribution >= 0.6 is 0 Å². The van der Waals surface area contributed by atoms with Crippen molar-refractivity contribution in [1.29, 1.82) is 0 Å². The largest absolute Gasteiger partial charge is 0.465 e. The van der Waals surface area contributed by atoms with Crippen LogP contribution in [0.5, 0.6) is 5.75 Å². The van der Waals surface area contributed by atoms with Crippen LogP contribution in [-0.4, -0.2) is 6.29 Å². The Morgan fingerprint density at radius 1 is 0.714 bits per heavy atom. The van der Waals surface area contributed by atoms with Crippen molar-refractivity contribution in [1.82, 2.24) is 0 Å². The Hall–Kier alpha value is -3.36. The molecule has 0 aliphatic carbocycles. The maximum absolute atomic E-state index is 6.59. The molecule has 0 N–H and O–H groups in total. The van der Waals surface area contributed by atoms with Gasteiger partial charge in [0.25, 0.3) is 0 Å². The molecule has 0 saturated carbocycles. The molecule has 0 radical (unpaired) electrons. The molecular formula is C33H36O2. The number of hydrogen-bond acceptors (Lipinski definition) is 2. The fourth-order valence-electron chi connectivity index (χ4n) is 4.53. The fourth-order valence-corrected chi connectivity index (χ4v) is 4.53. The molecule has 4 aromatic rings. The molecule has 2 nitrogen and oxygen atoms in total. The summed E-state index contributed by atoms with van der Waals surface area (Å²) in [6.45, 7) is 7.26. The van der Waals surface area contributed by atoms with Gasteiger partial charge in [0, 0.05) is 11.8 Å². The monoisotopic (exact) mass is 464 g/mol. The van der Waals surface area contributed by atoms with Crippen LogP contribution in [0.1, 0.15) is 61.8 Å². The van der Waals surface area contributed by atoms with Gasteiger partial charge in [0.1, 0.15) is 5.75 Å². The normalized spacial score (nSPS) is 13.2. The summed E-state index contributed by atoms with van der Waals surface area (Å²) in [5.41, 5.74) is 4.64. The van der Waals surface area contributed by atoms with Crippen molar-refractivity contribution in [3.05, 3.63) is 138 Å². The zero-order valence-electron chi connectivity index (χ0n) is 21.1. The molecule has 35 heavy (non-hydrogen) atoms. The van der Waals surface area contributed by atoms with Gasteiger partial charge in [-0.3, -0.25) is 0 Å². The van der Waals surface area contributed by atoms with Crippen molar-refractivity contribution in [2.75, 3.05) is 0 Å². The molecule has 0 bridgehead atoms. The number of hydrogen-bond donors (Lipinski definition) is 0. The fraction of sp³-hybridized carbons (Fsp3) is 0.273. The predicted molar refractivity (Wildman–Crippen MR) is 145 cm³/mol. The van der Waals surface area contributed by atoms with Crippen LogP contribution in [0.15, 0.2) is 115 Å². The Bertz CT molecular complexity index is 1120. The summed E-state index contributed by atoms with van der Waals surface area (Å²) >= 11 is 0. The number of ether oxygens (including phenoxy) is 2. The molecule has 4 aromatic carbocycles. The highest BCUT2D eigenvalue weighted by Crippen LogP contribution is 2.38. The first-order valence-electron chi connectivity index (χ1n) is 12.6. The van der Waals surface area contributed by atoms with Gasteiger partial charge >= 0.3 is 0 Å². The Morgan fingerprint density at radius 2 is 1.29 bits per heavy atom. The highest BCUT2D eigenvalue weighted by atomic mass is 16.7. The van der Waals surface area contributed by atoms with Crippen molar-refractivity contribution in [3.8, 4) is 5.75 Å². The lowest BCUT2D eigenvalue weighted by atomic mass is 9.73. The van der Waals surface area contributed by atoms with E-state index in [1.807, 2.05) is 24.3 Å². The lowest BCUT2D eigenvalue weighted by Crippen LogP contribution is -2.34. The van der Waals surface area contributed by atoms with Crippen molar-refractivity contribution in [2.45, 2.75) is 57.8 Å². The Balaban J connectivity index is 1.66. The lowest BCUT2D eigenvalue weighted by molar-refractivity contribution is -0.101. The van der Waals surface area contributed by atoms with Gasteiger partial charge in [0.2, 0.25) is 6.29 Å². The van der Waals surface area contributed by atoms with E-state index in [0.29, 0.717) is 18.9 Å². The van der Waals surface area contributed by atoms with Crippen LogP contribution < -0.4 is 4.74 Å². The first kappa shape index (κ1) is 24.8. The van der Waals surface area contributed by atoms with E-state index in [1.54, 1.807) is 0 Å². The highest BCUT2D eigenvalue weighted by molar-refractivity contribution is 5.38. The number of rotatable bonds is 11. The molecule has 0 aliphatic rings. The summed E-state index contributed by atoms with van der Waals surface area (Å²) in [7, 11) is 0. The predicted octanol–water partition coefficient (Wildman–Crippen LogP) is 8.52. The van der Waals surface area contributed by atoms with Gasteiger partial charge in [0.05, 0.1) is 6.61 Å². The standard InChI is InChI=1S/C33H36O2/c1-4-26(2)28-17-14-22-31(23-28)35-32(34-25-27-15-8-5-9-16-27)24-33(3,29-18-10-6-11-19-29)30-20-12-7-13-21-30/h5-23,26,32H,4,24-25H2,1-3H3. The van der Waals surface area contributed by atoms with Gasteiger partial charge in [-0.2, -0.15) is 0 Å². The average Bonchev–Trinajstić information content (AvgIpc) is 2.93. The van der Waals surface area contributed by atoms with Gasteiger partial charge in [-0.25, -0.2) is 0 Å².